The van der Waals surface area contributed by atoms with E-state index in [-0.39, 0.29) is 0 Å². The topological polar surface area (TPSA) is 24.1 Å². The number of nitrogens with one attached hydrogen (secondary N) is 2. The Morgan fingerprint density at radius 3 is 2.62 bits per heavy atom. The number of hydrogen-bond donors (Lipinski definition) is 2. The second-order valence-corrected chi connectivity index (χ2v) is 5.87. The number of rotatable bonds is 8. The van der Waals surface area contributed by atoms with Crippen molar-refractivity contribution in [2.45, 2.75) is 13.0 Å². The molecule has 110 valence electrons. The summed E-state index contributed by atoms with van der Waals surface area (Å²) in [6.45, 7) is 4.76. The third-order valence-corrected chi connectivity index (χ3v) is 4.00. The molecule has 2 aromatic carbocycles. The van der Waals surface area contributed by atoms with Gasteiger partial charge in [0.1, 0.15) is 0 Å². The second-order valence-electron chi connectivity index (χ2n) is 4.77. The van der Waals surface area contributed by atoms with E-state index in [1.807, 2.05) is 19.2 Å². The molecule has 2 N–H and O–H groups in total. The summed E-state index contributed by atoms with van der Waals surface area (Å²) < 4.78 is 3.10. The molecule has 0 aromatic heterocycles. The zero-order valence-electron chi connectivity index (χ0n) is 12.4. The molecule has 0 aliphatic carbocycles. The Morgan fingerprint density at radius 2 is 1.90 bits per heavy atom. The highest BCUT2D eigenvalue weighted by Crippen LogP contribution is 2.20. The van der Waals surface area contributed by atoms with Gasteiger partial charge in [0.05, 0.1) is 0 Å². The van der Waals surface area contributed by atoms with Crippen LogP contribution in [-0.4, -0.2) is 12.8 Å². The first kappa shape index (κ1) is 15.7. The second kappa shape index (κ2) is 8.55. The van der Waals surface area contributed by atoms with E-state index in [1.165, 1.54) is 11.1 Å². The lowest BCUT2D eigenvalue weighted by atomic mass is 10.1. The van der Waals surface area contributed by atoms with Gasteiger partial charge in [-0.3, -0.25) is 4.72 Å². The fourth-order valence-corrected chi connectivity index (χ4v) is 2.70. The third-order valence-electron chi connectivity index (χ3n) is 3.30. The molecular weight excluding hydrogens is 276 g/mol. The van der Waals surface area contributed by atoms with E-state index in [0.717, 1.165) is 30.0 Å². The highest BCUT2D eigenvalue weighted by Gasteiger charge is 2.02. The Morgan fingerprint density at radius 1 is 1.10 bits per heavy atom. The Labute approximate surface area is 131 Å². The minimum Gasteiger partial charge on any atom is -0.380 e. The zero-order valence-corrected chi connectivity index (χ0v) is 13.2. The predicted octanol–water partition coefficient (Wildman–Crippen LogP) is 4.35. The van der Waals surface area contributed by atoms with Crippen molar-refractivity contribution in [3.63, 3.8) is 0 Å². The van der Waals surface area contributed by atoms with Crippen LogP contribution in [0.25, 0.3) is 6.08 Å². The maximum absolute atomic E-state index is 3.93. The Bertz CT molecular complexity index is 567. The molecular formula is C18H22N2S. The van der Waals surface area contributed by atoms with E-state index in [9.17, 15) is 0 Å². The fraction of sp³-hybridized carbons (Fsp3) is 0.222. The van der Waals surface area contributed by atoms with E-state index in [1.54, 1.807) is 11.9 Å². The molecule has 0 saturated carbocycles. The summed E-state index contributed by atoms with van der Waals surface area (Å²) in [4.78, 5) is 0. The molecule has 0 atom stereocenters. The Hall–Kier alpha value is -1.71. The molecule has 3 heteroatoms. The summed E-state index contributed by atoms with van der Waals surface area (Å²) in [5.74, 6) is 1.07. The van der Waals surface area contributed by atoms with Crippen molar-refractivity contribution < 1.29 is 0 Å². The molecule has 0 amide bonds. The summed E-state index contributed by atoms with van der Waals surface area (Å²) in [5.41, 5.74) is 4.93. The van der Waals surface area contributed by atoms with E-state index < -0.39 is 0 Å². The van der Waals surface area contributed by atoms with Crippen molar-refractivity contribution in [2.75, 3.05) is 18.1 Å². The quantitative estimate of drug-likeness (QED) is 0.559. The lowest BCUT2D eigenvalue weighted by Crippen LogP contribution is -2.02. The lowest BCUT2D eigenvalue weighted by Gasteiger charge is -2.12. The van der Waals surface area contributed by atoms with Gasteiger partial charge in [0.25, 0.3) is 0 Å². The minimum absolute atomic E-state index is 0.830. The van der Waals surface area contributed by atoms with Crippen molar-refractivity contribution in [1.29, 1.82) is 0 Å². The largest absolute Gasteiger partial charge is 0.380 e. The molecule has 0 unspecified atom stereocenters. The Kier molecular flexibility index (Phi) is 6.38. The highest BCUT2D eigenvalue weighted by atomic mass is 32.2. The van der Waals surface area contributed by atoms with Crippen molar-refractivity contribution in [3.8, 4) is 0 Å². The predicted molar refractivity (Wildman–Crippen MR) is 95.5 cm³/mol. The third kappa shape index (κ3) is 4.96. The van der Waals surface area contributed by atoms with Gasteiger partial charge >= 0.3 is 0 Å². The molecule has 0 saturated heterocycles. The fourth-order valence-electron chi connectivity index (χ4n) is 2.16. The molecule has 0 spiro atoms. The van der Waals surface area contributed by atoms with Crippen LogP contribution in [0.3, 0.4) is 0 Å². The van der Waals surface area contributed by atoms with Crippen LogP contribution in [0, 0.1) is 0 Å². The number of aryl methyl sites for hydroxylation is 1. The first-order chi connectivity index (χ1) is 10.3. The molecule has 0 bridgehead atoms. The van der Waals surface area contributed by atoms with E-state index in [2.05, 4.69) is 59.1 Å². The summed E-state index contributed by atoms with van der Waals surface area (Å²) in [7, 11) is 1.95. The molecule has 2 aromatic rings. The smallest absolute Gasteiger partial charge is 0.0416 e. The maximum atomic E-state index is 3.93. The van der Waals surface area contributed by atoms with Crippen LogP contribution in [0.2, 0.25) is 0 Å². The Balaban J connectivity index is 2.00. The normalized spacial score (nSPS) is 10.3. The van der Waals surface area contributed by atoms with Crippen molar-refractivity contribution >= 4 is 23.7 Å². The van der Waals surface area contributed by atoms with Gasteiger partial charge in [-0.1, -0.05) is 61.0 Å². The average molecular weight is 298 g/mol. The van der Waals surface area contributed by atoms with Gasteiger partial charge in [-0.25, -0.2) is 0 Å². The van der Waals surface area contributed by atoms with Gasteiger partial charge in [-0.05, 0) is 42.3 Å². The molecule has 0 aliphatic rings. The monoisotopic (exact) mass is 298 g/mol. The summed E-state index contributed by atoms with van der Waals surface area (Å²) in [6, 6.07) is 17.0. The summed E-state index contributed by atoms with van der Waals surface area (Å²) in [6.07, 6.45) is 2.98. The van der Waals surface area contributed by atoms with Gasteiger partial charge < -0.3 is 5.32 Å². The van der Waals surface area contributed by atoms with Crippen molar-refractivity contribution in [2.24, 2.45) is 0 Å². The standard InChI is InChI=1S/C18H22N2S/c1-3-17-13-15(11-12-21-19-2)9-10-18(17)20-14-16-7-5-4-6-8-16/h3-10,13,19-20H,1,11-12,14H2,2H3. The highest BCUT2D eigenvalue weighted by molar-refractivity contribution is 7.97. The average Bonchev–Trinajstić information content (AvgIpc) is 2.54. The zero-order chi connectivity index (χ0) is 14.9. The number of hydrogen-bond acceptors (Lipinski definition) is 3. The number of benzene rings is 2. The summed E-state index contributed by atoms with van der Waals surface area (Å²) >= 11 is 1.74. The van der Waals surface area contributed by atoms with Crippen LogP contribution >= 0.6 is 11.9 Å². The molecule has 0 aliphatic heterocycles. The molecule has 0 radical (unpaired) electrons. The minimum atomic E-state index is 0.830. The maximum Gasteiger partial charge on any atom is 0.0416 e. The van der Waals surface area contributed by atoms with Gasteiger partial charge in [-0.2, -0.15) is 0 Å². The van der Waals surface area contributed by atoms with Crippen LogP contribution in [-0.2, 0) is 13.0 Å². The summed E-state index contributed by atoms with van der Waals surface area (Å²) in [5, 5.41) is 3.49. The lowest BCUT2D eigenvalue weighted by molar-refractivity contribution is 1.12. The first-order valence-corrected chi connectivity index (χ1v) is 8.13. The van der Waals surface area contributed by atoms with Crippen LogP contribution < -0.4 is 10.0 Å². The van der Waals surface area contributed by atoms with Crippen LogP contribution in [0.5, 0.6) is 0 Å². The van der Waals surface area contributed by atoms with Gasteiger partial charge in [0.2, 0.25) is 0 Å². The molecule has 0 heterocycles. The molecule has 21 heavy (non-hydrogen) atoms. The van der Waals surface area contributed by atoms with Crippen LogP contribution in [0.15, 0.2) is 55.1 Å². The van der Waals surface area contributed by atoms with Crippen LogP contribution in [0.4, 0.5) is 5.69 Å². The van der Waals surface area contributed by atoms with E-state index in [4.69, 9.17) is 0 Å². The number of anilines is 1. The SMILES string of the molecule is C=Cc1cc(CCSNC)ccc1NCc1ccccc1. The van der Waals surface area contributed by atoms with Crippen LogP contribution in [0.1, 0.15) is 16.7 Å². The first-order valence-electron chi connectivity index (χ1n) is 7.15. The van der Waals surface area contributed by atoms with Gasteiger partial charge in [0.15, 0.2) is 0 Å². The van der Waals surface area contributed by atoms with Gasteiger partial charge in [-0.15, -0.1) is 0 Å². The molecule has 0 fully saturated rings. The molecule has 2 rings (SSSR count). The van der Waals surface area contributed by atoms with Gasteiger partial charge in [0, 0.05) is 18.0 Å². The van der Waals surface area contributed by atoms with Crippen molar-refractivity contribution in [3.05, 3.63) is 71.8 Å². The van der Waals surface area contributed by atoms with E-state index in [0.29, 0.717) is 0 Å². The molecule has 2 nitrogen and oxygen atoms in total. The van der Waals surface area contributed by atoms with E-state index >= 15 is 0 Å². The van der Waals surface area contributed by atoms with Crippen molar-refractivity contribution in [1.82, 2.24) is 4.72 Å².